The summed E-state index contributed by atoms with van der Waals surface area (Å²) >= 11 is 1.76. The van der Waals surface area contributed by atoms with E-state index < -0.39 is 0 Å². The Balaban J connectivity index is 0.00000240. The quantitative estimate of drug-likeness (QED) is 0.359. The Bertz CT molecular complexity index is 651. The number of nitrogens with zero attached hydrogens (tertiary/aromatic N) is 5. The van der Waals surface area contributed by atoms with Gasteiger partial charge in [-0.1, -0.05) is 0 Å². The maximum Gasteiger partial charge on any atom is 0.193 e. The summed E-state index contributed by atoms with van der Waals surface area (Å²) in [7, 11) is 1.93. The first-order valence-corrected chi connectivity index (χ1v) is 11.9. The van der Waals surface area contributed by atoms with Crippen molar-refractivity contribution in [2.45, 2.75) is 51.6 Å². The minimum Gasteiger partial charge on any atom is -0.356 e. The van der Waals surface area contributed by atoms with Gasteiger partial charge in [-0.25, -0.2) is 4.98 Å². The number of aromatic nitrogens is 1. The van der Waals surface area contributed by atoms with Crippen molar-refractivity contribution in [1.29, 1.82) is 0 Å². The van der Waals surface area contributed by atoms with E-state index in [1.54, 1.807) is 11.3 Å². The van der Waals surface area contributed by atoms with Crippen LogP contribution < -0.4 is 5.32 Å². The zero-order valence-electron chi connectivity index (χ0n) is 18.0. The van der Waals surface area contributed by atoms with Gasteiger partial charge in [0.2, 0.25) is 0 Å². The van der Waals surface area contributed by atoms with Crippen LogP contribution in [-0.2, 0) is 6.54 Å². The molecule has 8 heteroatoms. The Morgan fingerprint density at radius 2 is 1.93 bits per heavy atom. The summed E-state index contributed by atoms with van der Waals surface area (Å²) in [5, 5.41) is 7.07. The molecule has 3 fully saturated rings. The number of aliphatic imine (C=N–C) groups is 1. The van der Waals surface area contributed by atoms with Crippen LogP contribution in [0.25, 0.3) is 0 Å². The molecule has 1 aromatic rings. The smallest absolute Gasteiger partial charge is 0.193 e. The summed E-state index contributed by atoms with van der Waals surface area (Å²) in [6, 6.07) is 0.735. The standard InChI is InChI=1S/C21H36N6S.HI/c1-17-24-19(16-28-17)14-25-10-5-18(6-11-25)13-23-21(22-2)27-12-7-20(15-27)26-8-3-4-9-26;/h16,18,20H,3-15H2,1-2H3,(H,22,23);1H. The summed E-state index contributed by atoms with van der Waals surface area (Å²) < 4.78 is 0. The molecule has 1 unspecified atom stereocenters. The first-order valence-electron chi connectivity index (χ1n) is 11.0. The molecule has 0 aliphatic carbocycles. The lowest BCUT2D eigenvalue weighted by atomic mass is 9.97. The van der Waals surface area contributed by atoms with Crippen molar-refractivity contribution in [2.24, 2.45) is 10.9 Å². The molecule has 4 rings (SSSR count). The lowest BCUT2D eigenvalue weighted by Gasteiger charge is -2.32. The van der Waals surface area contributed by atoms with Gasteiger partial charge < -0.3 is 10.2 Å². The van der Waals surface area contributed by atoms with Crippen molar-refractivity contribution in [3.05, 3.63) is 16.1 Å². The van der Waals surface area contributed by atoms with Gasteiger partial charge in [-0.2, -0.15) is 0 Å². The van der Waals surface area contributed by atoms with E-state index in [0.29, 0.717) is 0 Å². The first-order chi connectivity index (χ1) is 13.7. The van der Waals surface area contributed by atoms with Gasteiger partial charge in [0.25, 0.3) is 0 Å². The van der Waals surface area contributed by atoms with Crippen molar-refractivity contribution in [1.82, 2.24) is 25.0 Å². The molecule has 0 aromatic carbocycles. The zero-order chi connectivity index (χ0) is 19.3. The second-order valence-corrected chi connectivity index (χ2v) is 9.70. The third-order valence-electron chi connectivity index (χ3n) is 6.64. The molecule has 0 amide bonds. The van der Waals surface area contributed by atoms with E-state index in [4.69, 9.17) is 0 Å². The fraction of sp³-hybridized carbons (Fsp3) is 0.810. The summed E-state index contributed by atoms with van der Waals surface area (Å²) in [6.45, 7) is 11.4. The monoisotopic (exact) mass is 532 g/mol. The SMILES string of the molecule is CN=C(NCC1CCN(Cc2csc(C)n2)CC1)N1CCC(N2CCCC2)C1.I. The number of halogens is 1. The summed E-state index contributed by atoms with van der Waals surface area (Å²) in [5.74, 6) is 1.87. The molecule has 3 aliphatic heterocycles. The highest BCUT2D eigenvalue weighted by Crippen LogP contribution is 2.22. The third kappa shape index (κ3) is 6.27. The first kappa shape index (κ1) is 23.2. The fourth-order valence-electron chi connectivity index (χ4n) is 4.97. The predicted molar refractivity (Wildman–Crippen MR) is 132 cm³/mol. The summed E-state index contributed by atoms with van der Waals surface area (Å²) in [4.78, 5) is 16.9. The second-order valence-electron chi connectivity index (χ2n) is 8.64. The Hall–Kier alpha value is -0.450. The molecule has 3 saturated heterocycles. The van der Waals surface area contributed by atoms with Crippen LogP contribution in [0.1, 0.15) is 42.8 Å². The number of thiazole rings is 1. The Kier molecular flexibility index (Phi) is 9.01. The van der Waals surface area contributed by atoms with Crippen LogP contribution in [0, 0.1) is 12.8 Å². The van der Waals surface area contributed by atoms with Crippen molar-refractivity contribution < 1.29 is 0 Å². The third-order valence-corrected chi connectivity index (χ3v) is 7.46. The molecule has 29 heavy (non-hydrogen) atoms. The van der Waals surface area contributed by atoms with Gasteiger partial charge in [-0.3, -0.25) is 14.8 Å². The van der Waals surface area contributed by atoms with Gasteiger partial charge in [0.1, 0.15) is 0 Å². The average Bonchev–Trinajstić information content (AvgIpc) is 3.45. The van der Waals surface area contributed by atoms with E-state index in [9.17, 15) is 0 Å². The zero-order valence-corrected chi connectivity index (χ0v) is 21.1. The van der Waals surface area contributed by atoms with E-state index in [0.717, 1.165) is 44.1 Å². The Labute approximate surface area is 197 Å². The number of likely N-dealkylation sites (tertiary alicyclic amines) is 3. The van der Waals surface area contributed by atoms with Crippen LogP contribution in [0.15, 0.2) is 10.4 Å². The van der Waals surface area contributed by atoms with Crippen LogP contribution in [0.4, 0.5) is 0 Å². The number of guanidine groups is 1. The molecule has 1 N–H and O–H groups in total. The van der Waals surface area contributed by atoms with Crippen molar-refractivity contribution in [3.63, 3.8) is 0 Å². The van der Waals surface area contributed by atoms with E-state index in [1.165, 1.54) is 69.0 Å². The van der Waals surface area contributed by atoms with E-state index >= 15 is 0 Å². The van der Waals surface area contributed by atoms with Gasteiger partial charge in [-0.05, 0) is 71.1 Å². The van der Waals surface area contributed by atoms with Crippen LogP contribution in [0.3, 0.4) is 0 Å². The predicted octanol–water partition coefficient (Wildman–Crippen LogP) is 3.03. The van der Waals surface area contributed by atoms with Crippen molar-refractivity contribution in [2.75, 3.05) is 52.9 Å². The number of hydrogen-bond acceptors (Lipinski definition) is 5. The topological polar surface area (TPSA) is 47.0 Å². The lowest BCUT2D eigenvalue weighted by molar-refractivity contribution is 0.176. The van der Waals surface area contributed by atoms with Crippen LogP contribution in [-0.4, -0.2) is 84.5 Å². The second kappa shape index (κ2) is 11.2. The van der Waals surface area contributed by atoms with Crippen LogP contribution in [0.5, 0.6) is 0 Å². The number of nitrogens with one attached hydrogen (secondary N) is 1. The van der Waals surface area contributed by atoms with Gasteiger partial charge >= 0.3 is 0 Å². The molecule has 0 radical (unpaired) electrons. The summed E-state index contributed by atoms with van der Waals surface area (Å²) in [6.07, 6.45) is 6.58. The van der Waals surface area contributed by atoms with Gasteiger partial charge in [0, 0.05) is 44.6 Å². The number of piperidine rings is 1. The van der Waals surface area contributed by atoms with Crippen LogP contribution >= 0.6 is 35.3 Å². The molecule has 3 aliphatic rings. The minimum atomic E-state index is 0. The molecular weight excluding hydrogens is 495 g/mol. The molecule has 6 nitrogen and oxygen atoms in total. The highest BCUT2D eigenvalue weighted by molar-refractivity contribution is 14.0. The number of rotatable bonds is 5. The Morgan fingerprint density at radius 1 is 1.17 bits per heavy atom. The molecule has 0 bridgehead atoms. The fourth-order valence-corrected chi connectivity index (χ4v) is 5.57. The minimum absolute atomic E-state index is 0. The summed E-state index contributed by atoms with van der Waals surface area (Å²) in [5.41, 5.74) is 1.24. The molecule has 1 aromatic heterocycles. The number of hydrogen-bond donors (Lipinski definition) is 1. The van der Waals surface area contributed by atoms with E-state index in [2.05, 4.69) is 42.3 Å². The molecule has 4 heterocycles. The van der Waals surface area contributed by atoms with Crippen molar-refractivity contribution in [3.8, 4) is 0 Å². The maximum absolute atomic E-state index is 4.61. The van der Waals surface area contributed by atoms with Gasteiger partial charge in [0.15, 0.2) is 5.96 Å². The molecule has 0 saturated carbocycles. The van der Waals surface area contributed by atoms with E-state index in [-0.39, 0.29) is 24.0 Å². The van der Waals surface area contributed by atoms with Crippen molar-refractivity contribution >= 4 is 41.3 Å². The average molecular weight is 533 g/mol. The highest BCUT2D eigenvalue weighted by Gasteiger charge is 2.31. The molecule has 1 atom stereocenters. The lowest BCUT2D eigenvalue weighted by Crippen LogP contribution is -2.45. The van der Waals surface area contributed by atoms with E-state index in [1.807, 2.05) is 7.05 Å². The largest absolute Gasteiger partial charge is 0.356 e. The highest BCUT2D eigenvalue weighted by atomic mass is 127. The van der Waals surface area contributed by atoms with Gasteiger partial charge in [0.05, 0.1) is 10.7 Å². The van der Waals surface area contributed by atoms with Crippen LogP contribution in [0.2, 0.25) is 0 Å². The molecular formula is C21H37IN6S. The maximum atomic E-state index is 4.61. The van der Waals surface area contributed by atoms with Gasteiger partial charge in [-0.15, -0.1) is 35.3 Å². The molecule has 164 valence electrons. The normalized spacial score (nSPS) is 24.8. The Morgan fingerprint density at radius 3 is 2.59 bits per heavy atom. The number of aryl methyl sites for hydroxylation is 1. The molecule has 0 spiro atoms.